The minimum absolute atomic E-state index is 0. The number of rotatable bonds is 4. The van der Waals surface area contributed by atoms with Gasteiger partial charge in [0.05, 0.1) is 18.5 Å². The topological polar surface area (TPSA) is 71.7 Å². The molecule has 1 aromatic heterocycles. The normalized spacial score (nSPS) is 13.5. The summed E-state index contributed by atoms with van der Waals surface area (Å²) in [6.07, 6.45) is 1.64. The van der Waals surface area contributed by atoms with Gasteiger partial charge in [0.15, 0.2) is 0 Å². The van der Waals surface area contributed by atoms with Crippen molar-refractivity contribution in [3.63, 3.8) is 0 Å². The first kappa shape index (κ1) is 22.0. The molecule has 1 aliphatic rings. The summed E-state index contributed by atoms with van der Waals surface area (Å²) in [5.74, 6) is 0.894. The Morgan fingerprint density at radius 1 is 1.15 bits per heavy atom. The third-order valence-electron chi connectivity index (χ3n) is 4.27. The van der Waals surface area contributed by atoms with Gasteiger partial charge in [-0.2, -0.15) is 0 Å². The SMILES string of the molecule is COc1ccccc1N1CCN(C(=O)c2ccnc(CN)c2)CC1.Cl.Cl. The molecule has 2 N–H and O–H groups in total. The molecule has 0 radical (unpaired) electrons. The Labute approximate surface area is 166 Å². The predicted octanol–water partition coefficient (Wildman–Crippen LogP) is 2.35. The molecule has 0 atom stereocenters. The van der Waals surface area contributed by atoms with Gasteiger partial charge in [-0.3, -0.25) is 9.78 Å². The number of hydrogen-bond donors (Lipinski definition) is 1. The Morgan fingerprint density at radius 3 is 2.50 bits per heavy atom. The summed E-state index contributed by atoms with van der Waals surface area (Å²) in [6.45, 7) is 3.25. The maximum atomic E-state index is 12.6. The molecular weight excluding hydrogens is 375 g/mol. The molecular formula is C18H24Cl2N4O2. The van der Waals surface area contributed by atoms with E-state index in [1.54, 1.807) is 25.4 Å². The molecule has 2 aromatic rings. The lowest BCUT2D eigenvalue weighted by Gasteiger charge is -2.36. The van der Waals surface area contributed by atoms with Crippen molar-refractivity contribution in [2.75, 3.05) is 38.2 Å². The highest BCUT2D eigenvalue weighted by Crippen LogP contribution is 2.28. The number of aromatic nitrogens is 1. The summed E-state index contributed by atoms with van der Waals surface area (Å²) >= 11 is 0. The van der Waals surface area contributed by atoms with Crippen molar-refractivity contribution in [1.29, 1.82) is 0 Å². The Kier molecular flexibility index (Phi) is 8.65. The Bertz CT molecular complexity index is 722. The second kappa shape index (κ2) is 10.2. The largest absolute Gasteiger partial charge is 0.495 e. The number of pyridine rings is 1. The zero-order valence-electron chi connectivity index (χ0n) is 14.6. The van der Waals surface area contributed by atoms with Crippen LogP contribution in [-0.2, 0) is 6.54 Å². The van der Waals surface area contributed by atoms with Gasteiger partial charge in [0.25, 0.3) is 5.91 Å². The van der Waals surface area contributed by atoms with Gasteiger partial charge in [-0.1, -0.05) is 12.1 Å². The Hall–Kier alpha value is -2.02. The van der Waals surface area contributed by atoms with Crippen LogP contribution in [0.15, 0.2) is 42.6 Å². The van der Waals surface area contributed by atoms with Crippen molar-refractivity contribution in [3.8, 4) is 5.75 Å². The molecule has 2 heterocycles. The first-order valence-corrected chi connectivity index (χ1v) is 8.05. The molecule has 0 saturated carbocycles. The van der Waals surface area contributed by atoms with E-state index in [1.807, 2.05) is 29.2 Å². The van der Waals surface area contributed by atoms with Crippen LogP contribution in [0.5, 0.6) is 5.75 Å². The van der Waals surface area contributed by atoms with Crippen molar-refractivity contribution in [1.82, 2.24) is 9.88 Å². The third kappa shape index (κ3) is 4.78. The van der Waals surface area contributed by atoms with Crippen molar-refractivity contribution in [2.24, 2.45) is 5.73 Å². The van der Waals surface area contributed by atoms with Gasteiger partial charge in [0.2, 0.25) is 0 Å². The molecule has 1 aromatic carbocycles. The number of benzene rings is 1. The number of nitrogens with zero attached hydrogens (tertiary/aromatic N) is 3. The smallest absolute Gasteiger partial charge is 0.254 e. The van der Waals surface area contributed by atoms with Crippen molar-refractivity contribution in [2.45, 2.75) is 6.54 Å². The predicted molar refractivity (Wildman–Crippen MR) is 108 cm³/mol. The molecule has 1 aliphatic heterocycles. The van der Waals surface area contributed by atoms with E-state index in [2.05, 4.69) is 9.88 Å². The van der Waals surface area contributed by atoms with Crippen LogP contribution in [0.25, 0.3) is 0 Å². The monoisotopic (exact) mass is 398 g/mol. The highest BCUT2D eigenvalue weighted by Gasteiger charge is 2.23. The van der Waals surface area contributed by atoms with Gasteiger partial charge in [-0.25, -0.2) is 0 Å². The van der Waals surface area contributed by atoms with Gasteiger partial charge in [0, 0.05) is 44.5 Å². The lowest BCUT2D eigenvalue weighted by atomic mass is 10.1. The van der Waals surface area contributed by atoms with E-state index in [0.29, 0.717) is 25.2 Å². The van der Waals surface area contributed by atoms with Crippen LogP contribution in [0.2, 0.25) is 0 Å². The van der Waals surface area contributed by atoms with Gasteiger partial charge >= 0.3 is 0 Å². The Balaban J connectivity index is 0.00000169. The molecule has 0 bridgehead atoms. The van der Waals surface area contributed by atoms with E-state index >= 15 is 0 Å². The molecule has 0 aliphatic carbocycles. The van der Waals surface area contributed by atoms with Crippen LogP contribution in [0.3, 0.4) is 0 Å². The number of ether oxygens (including phenoxy) is 1. The zero-order valence-corrected chi connectivity index (χ0v) is 16.3. The van der Waals surface area contributed by atoms with Crippen LogP contribution in [0.4, 0.5) is 5.69 Å². The number of carbonyl (C=O) groups is 1. The highest BCUT2D eigenvalue weighted by atomic mass is 35.5. The summed E-state index contributed by atoms with van der Waals surface area (Å²) < 4.78 is 5.43. The van der Waals surface area contributed by atoms with E-state index in [1.165, 1.54) is 0 Å². The zero-order chi connectivity index (χ0) is 16.9. The Morgan fingerprint density at radius 2 is 1.85 bits per heavy atom. The number of halogens is 2. The van der Waals surface area contributed by atoms with Crippen LogP contribution < -0.4 is 15.4 Å². The molecule has 26 heavy (non-hydrogen) atoms. The number of piperazine rings is 1. The summed E-state index contributed by atoms with van der Waals surface area (Å²) in [5.41, 5.74) is 8.05. The number of methoxy groups -OCH3 is 1. The molecule has 6 nitrogen and oxygen atoms in total. The minimum atomic E-state index is 0. The second-order valence-corrected chi connectivity index (χ2v) is 5.69. The summed E-state index contributed by atoms with van der Waals surface area (Å²) in [7, 11) is 1.68. The van der Waals surface area contributed by atoms with Crippen LogP contribution in [0.1, 0.15) is 16.1 Å². The average Bonchev–Trinajstić information content (AvgIpc) is 2.67. The minimum Gasteiger partial charge on any atom is -0.495 e. The highest BCUT2D eigenvalue weighted by molar-refractivity contribution is 5.94. The number of nitrogens with two attached hydrogens (primary N) is 1. The van der Waals surface area contributed by atoms with Gasteiger partial charge in [-0.15, -0.1) is 24.8 Å². The van der Waals surface area contributed by atoms with Crippen LogP contribution in [-0.4, -0.2) is 49.1 Å². The van der Waals surface area contributed by atoms with E-state index in [-0.39, 0.29) is 30.7 Å². The summed E-state index contributed by atoms with van der Waals surface area (Å²) in [5, 5.41) is 0. The van der Waals surface area contributed by atoms with Crippen molar-refractivity contribution in [3.05, 3.63) is 53.9 Å². The lowest BCUT2D eigenvalue weighted by Crippen LogP contribution is -2.48. The molecule has 1 fully saturated rings. The third-order valence-corrected chi connectivity index (χ3v) is 4.27. The number of anilines is 1. The number of amides is 1. The fourth-order valence-electron chi connectivity index (χ4n) is 2.95. The average molecular weight is 399 g/mol. The lowest BCUT2D eigenvalue weighted by molar-refractivity contribution is 0.0746. The van der Waals surface area contributed by atoms with E-state index in [0.717, 1.165) is 30.2 Å². The van der Waals surface area contributed by atoms with Crippen molar-refractivity contribution >= 4 is 36.4 Å². The molecule has 0 unspecified atom stereocenters. The molecule has 3 rings (SSSR count). The van der Waals surface area contributed by atoms with Gasteiger partial charge in [0.1, 0.15) is 5.75 Å². The first-order chi connectivity index (χ1) is 11.7. The number of carbonyl (C=O) groups excluding carboxylic acids is 1. The standard InChI is InChI=1S/C18H22N4O2.2ClH/c1-24-17-5-3-2-4-16(17)21-8-10-22(11-9-21)18(23)14-6-7-20-15(12-14)13-19;;/h2-7,12H,8-11,13,19H2,1H3;2*1H. The van der Waals surface area contributed by atoms with E-state index in [4.69, 9.17) is 10.5 Å². The number of hydrogen-bond acceptors (Lipinski definition) is 5. The molecule has 1 amide bonds. The van der Waals surface area contributed by atoms with Crippen LogP contribution >= 0.6 is 24.8 Å². The van der Waals surface area contributed by atoms with Gasteiger partial charge in [-0.05, 0) is 24.3 Å². The summed E-state index contributed by atoms with van der Waals surface area (Å²) in [6, 6.07) is 11.5. The van der Waals surface area contributed by atoms with E-state index < -0.39 is 0 Å². The first-order valence-electron chi connectivity index (χ1n) is 8.05. The molecule has 0 spiro atoms. The van der Waals surface area contributed by atoms with E-state index in [9.17, 15) is 4.79 Å². The second-order valence-electron chi connectivity index (χ2n) is 5.69. The quantitative estimate of drug-likeness (QED) is 0.855. The molecule has 142 valence electrons. The van der Waals surface area contributed by atoms with Crippen molar-refractivity contribution < 1.29 is 9.53 Å². The maximum Gasteiger partial charge on any atom is 0.254 e. The number of para-hydroxylation sites is 2. The molecule has 1 saturated heterocycles. The summed E-state index contributed by atoms with van der Waals surface area (Å²) in [4.78, 5) is 20.9. The van der Waals surface area contributed by atoms with Crippen LogP contribution in [0, 0.1) is 0 Å². The molecule has 8 heteroatoms. The van der Waals surface area contributed by atoms with Gasteiger partial charge < -0.3 is 20.3 Å². The fourth-order valence-corrected chi connectivity index (χ4v) is 2.95. The maximum absolute atomic E-state index is 12.6. The fraction of sp³-hybridized carbons (Fsp3) is 0.333.